The van der Waals surface area contributed by atoms with E-state index < -0.39 is 6.41 Å². The minimum absolute atomic E-state index is 0.230. The fourth-order valence-electron chi connectivity index (χ4n) is 0.664. The van der Waals surface area contributed by atoms with Gasteiger partial charge in [0, 0.05) is 27.3 Å². The molecule has 78 valence electrons. The first kappa shape index (κ1) is 12.2. The summed E-state index contributed by atoms with van der Waals surface area (Å²) >= 11 is 0. The first-order chi connectivity index (χ1) is 6.11. The molecule has 13 heavy (non-hydrogen) atoms. The van der Waals surface area contributed by atoms with E-state index in [0.29, 0.717) is 13.2 Å². The summed E-state index contributed by atoms with van der Waals surface area (Å²) in [5.74, 6) is 0. The first-order valence-electron chi connectivity index (χ1n) is 4.32. The van der Waals surface area contributed by atoms with Crippen molar-refractivity contribution >= 4 is 6.03 Å². The summed E-state index contributed by atoms with van der Waals surface area (Å²) < 4.78 is 10.2. The third kappa shape index (κ3) is 5.43. The van der Waals surface area contributed by atoms with Crippen LogP contribution in [0.1, 0.15) is 13.8 Å². The molecule has 0 aliphatic heterocycles. The van der Waals surface area contributed by atoms with Crippen LogP contribution in [0.15, 0.2) is 0 Å². The van der Waals surface area contributed by atoms with Gasteiger partial charge in [0.25, 0.3) is 0 Å². The average molecular weight is 190 g/mol. The molecule has 0 bridgehead atoms. The van der Waals surface area contributed by atoms with E-state index in [1.165, 1.54) is 4.90 Å². The molecule has 0 unspecified atom stereocenters. The normalized spacial score (nSPS) is 10.2. The van der Waals surface area contributed by atoms with Crippen molar-refractivity contribution in [1.82, 2.24) is 10.2 Å². The van der Waals surface area contributed by atoms with E-state index in [9.17, 15) is 4.79 Å². The highest BCUT2D eigenvalue weighted by atomic mass is 16.7. The Morgan fingerprint density at radius 3 is 2.08 bits per heavy atom. The van der Waals surface area contributed by atoms with Gasteiger partial charge in [-0.25, -0.2) is 4.79 Å². The summed E-state index contributed by atoms with van der Waals surface area (Å²) in [6.45, 7) is 4.68. The molecule has 0 aromatic rings. The topological polar surface area (TPSA) is 50.8 Å². The third-order valence-corrected chi connectivity index (χ3v) is 1.28. The molecule has 0 saturated carbocycles. The van der Waals surface area contributed by atoms with Crippen LogP contribution < -0.4 is 5.32 Å². The number of hydrogen-bond donors (Lipinski definition) is 1. The smallest absolute Gasteiger partial charge is 0.320 e. The maximum absolute atomic E-state index is 11.2. The lowest BCUT2D eigenvalue weighted by Gasteiger charge is -2.20. The van der Waals surface area contributed by atoms with Crippen molar-refractivity contribution in [3.63, 3.8) is 0 Å². The summed E-state index contributed by atoms with van der Waals surface area (Å²) in [4.78, 5) is 12.6. The molecule has 5 nitrogen and oxygen atoms in total. The number of ether oxygens (including phenoxy) is 2. The van der Waals surface area contributed by atoms with Crippen LogP contribution in [0.3, 0.4) is 0 Å². The molecule has 0 aliphatic carbocycles. The van der Waals surface area contributed by atoms with Crippen LogP contribution in [-0.2, 0) is 9.47 Å². The predicted octanol–water partition coefficient (Wildman–Crippen LogP) is 0.614. The Kier molecular flexibility index (Phi) is 6.26. The third-order valence-electron chi connectivity index (χ3n) is 1.28. The van der Waals surface area contributed by atoms with Gasteiger partial charge in [0.05, 0.1) is 0 Å². The highest BCUT2D eigenvalue weighted by Gasteiger charge is 2.12. The number of amides is 2. The molecule has 0 heterocycles. The summed E-state index contributed by atoms with van der Waals surface area (Å²) in [7, 11) is 3.31. The summed E-state index contributed by atoms with van der Waals surface area (Å²) in [5.41, 5.74) is 0. The van der Waals surface area contributed by atoms with E-state index in [1.807, 2.05) is 13.8 Å². The number of carbonyl (C=O) groups is 1. The molecule has 0 radical (unpaired) electrons. The molecular weight excluding hydrogens is 172 g/mol. The van der Waals surface area contributed by atoms with E-state index in [1.54, 1.807) is 14.1 Å². The maximum atomic E-state index is 11.2. The van der Waals surface area contributed by atoms with Crippen LogP contribution in [0.4, 0.5) is 4.79 Å². The lowest BCUT2D eigenvalue weighted by molar-refractivity contribution is -0.147. The monoisotopic (exact) mass is 190 g/mol. The minimum atomic E-state index is -0.648. The van der Waals surface area contributed by atoms with Crippen molar-refractivity contribution in [3.05, 3.63) is 0 Å². The van der Waals surface area contributed by atoms with Crippen molar-refractivity contribution in [2.45, 2.75) is 20.3 Å². The Morgan fingerprint density at radius 2 is 1.77 bits per heavy atom. The Bertz CT molecular complexity index is 144. The minimum Gasteiger partial charge on any atom is -0.336 e. The maximum Gasteiger partial charge on any atom is 0.320 e. The molecule has 0 rings (SSSR count). The molecule has 0 saturated heterocycles. The summed E-state index contributed by atoms with van der Waals surface area (Å²) in [6, 6.07) is -0.230. The highest BCUT2D eigenvalue weighted by molar-refractivity contribution is 5.73. The Hall–Kier alpha value is -0.810. The molecule has 2 amide bonds. The van der Waals surface area contributed by atoms with Gasteiger partial charge in [-0.2, -0.15) is 0 Å². The Labute approximate surface area is 79.0 Å². The van der Waals surface area contributed by atoms with Crippen molar-refractivity contribution < 1.29 is 14.3 Å². The van der Waals surface area contributed by atoms with E-state index in [4.69, 9.17) is 9.47 Å². The Balaban J connectivity index is 3.86. The number of rotatable bonds is 5. The average Bonchev–Trinajstić information content (AvgIpc) is 2.05. The fourth-order valence-corrected chi connectivity index (χ4v) is 0.664. The first-order valence-corrected chi connectivity index (χ1v) is 4.32. The second-order valence-electron chi connectivity index (χ2n) is 2.59. The number of urea groups is 1. The van der Waals surface area contributed by atoms with Gasteiger partial charge in [-0.1, -0.05) is 0 Å². The van der Waals surface area contributed by atoms with Crippen LogP contribution in [-0.4, -0.2) is 44.7 Å². The number of carbonyl (C=O) groups excluding carboxylic acids is 1. The van der Waals surface area contributed by atoms with Gasteiger partial charge in [-0.3, -0.25) is 5.32 Å². The van der Waals surface area contributed by atoms with Gasteiger partial charge >= 0.3 is 6.03 Å². The van der Waals surface area contributed by atoms with Gasteiger partial charge in [-0.05, 0) is 13.8 Å². The molecule has 5 heteroatoms. The van der Waals surface area contributed by atoms with Crippen molar-refractivity contribution in [1.29, 1.82) is 0 Å². The SMILES string of the molecule is CCOC(NC(=O)N(C)C)OCC. The summed E-state index contributed by atoms with van der Waals surface area (Å²) in [5, 5.41) is 2.56. The van der Waals surface area contributed by atoms with E-state index in [2.05, 4.69) is 5.32 Å². The zero-order valence-corrected chi connectivity index (χ0v) is 8.66. The number of nitrogens with one attached hydrogen (secondary N) is 1. The zero-order chi connectivity index (χ0) is 10.3. The van der Waals surface area contributed by atoms with Crippen LogP contribution in [0.5, 0.6) is 0 Å². The van der Waals surface area contributed by atoms with Gasteiger partial charge < -0.3 is 14.4 Å². The van der Waals surface area contributed by atoms with Gasteiger partial charge in [0.2, 0.25) is 6.41 Å². The number of hydrogen-bond acceptors (Lipinski definition) is 3. The molecule has 0 aromatic heterocycles. The lowest BCUT2D eigenvalue weighted by Crippen LogP contribution is -2.44. The molecule has 0 spiro atoms. The van der Waals surface area contributed by atoms with Crippen molar-refractivity contribution in [3.8, 4) is 0 Å². The summed E-state index contributed by atoms with van der Waals surface area (Å²) in [6.07, 6.45) is -0.648. The van der Waals surface area contributed by atoms with Gasteiger partial charge in [0.15, 0.2) is 0 Å². The van der Waals surface area contributed by atoms with E-state index in [0.717, 1.165) is 0 Å². The largest absolute Gasteiger partial charge is 0.336 e. The molecule has 0 aliphatic rings. The second kappa shape index (κ2) is 6.68. The predicted molar refractivity (Wildman–Crippen MR) is 49.3 cm³/mol. The molecule has 0 aromatic carbocycles. The molecular formula is C8H18N2O3. The number of nitrogens with zero attached hydrogens (tertiary/aromatic N) is 1. The van der Waals surface area contributed by atoms with Crippen LogP contribution in [0.2, 0.25) is 0 Å². The molecule has 0 fully saturated rings. The second-order valence-corrected chi connectivity index (χ2v) is 2.59. The molecule has 0 atom stereocenters. The Morgan fingerprint density at radius 1 is 1.31 bits per heavy atom. The van der Waals surface area contributed by atoms with Crippen LogP contribution in [0.25, 0.3) is 0 Å². The van der Waals surface area contributed by atoms with Crippen LogP contribution in [0, 0.1) is 0 Å². The van der Waals surface area contributed by atoms with E-state index >= 15 is 0 Å². The quantitative estimate of drug-likeness (QED) is 0.646. The fraction of sp³-hybridized carbons (Fsp3) is 0.875. The van der Waals surface area contributed by atoms with Crippen molar-refractivity contribution in [2.24, 2.45) is 0 Å². The van der Waals surface area contributed by atoms with Crippen molar-refractivity contribution in [2.75, 3.05) is 27.3 Å². The lowest BCUT2D eigenvalue weighted by atomic mass is 10.7. The standard InChI is InChI=1S/C8H18N2O3/c1-5-12-8(13-6-2)9-7(11)10(3)4/h8H,5-6H2,1-4H3,(H,9,11). The van der Waals surface area contributed by atoms with E-state index in [-0.39, 0.29) is 6.03 Å². The zero-order valence-electron chi connectivity index (χ0n) is 8.66. The van der Waals surface area contributed by atoms with Gasteiger partial charge in [-0.15, -0.1) is 0 Å². The molecule has 1 N–H and O–H groups in total. The van der Waals surface area contributed by atoms with Gasteiger partial charge in [0.1, 0.15) is 0 Å². The van der Waals surface area contributed by atoms with Crippen LogP contribution >= 0.6 is 0 Å². The highest BCUT2D eigenvalue weighted by Crippen LogP contribution is 1.91.